The SMILES string of the molecule is CC(C)(O)C(C)(C)O[B]c1ccc2c(c1)C1(c3ccccc3-2)c2ccccc2-c2ccc(N(c3ccccc3)c3ccc(-c4ccccc4)cc3)cc21. The molecular weight excluding hydrogens is 645 g/mol. The van der Waals surface area contributed by atoms with Crippen molar-refractivity contribution in [2.24, 2.45) is 0 Å². The van der Waals surface area contributed by atoms with Crippen molar-refractivity contribution in [3.63, 3.8) is 0 Å². The number of para-hydroxylation sites is 1. The third-order valence-corrected chi connectivity index (χ3v) is 11.6. The van der Waals surface area contributed by atoms with Gasteiger partial charge in [-0.15, -0.1) is 0 Å². The van der Waals surface area contributed by atoms with Gasteiger partial charge in [-0.1, -0.05) is 139 Å². The summed E-state index contributed by atoms with van der Waals surface area (Å²) in [6.07, 6.45) is 0. The monoisotopic (exact) mass is 686 g/mol. The third-order valence-electron chi connectivity index (χ3n) is 11.6. The number of benzene rings is 7. The molecule has 2 aliphatic rings. The van der Waals surface area contributed by atoms with Crippen molar-refractivity contribution in [1.29, 1.82) is 0 Å². The van der Waals surface area contributed by atoms with Gasteiger partial charge >= 0.3 is 7.48 Å². The molecule has 0 saturated heterocycles. The van der Waals surface area contributed by atoms with Gasteiger partial charge in [0.2, 0.25) is 0 Å². The van der Waals surface area contributed by atoms with Crippen LogP contribution in [0.15, 0.2) is 170 Å². The van der Waals surface area contributed by atoms with Gasteiger partial charge in [0.1, 0.15) is 0 Å². The largest absolute Gasteiger partial charge is 0.427 e. The van der Waals surface area contributed by atoms with Crippen molar-refractivity contribution in [2.45, 2.75) is 44.3 Å². The molecular formula is C49H41BNO2. The number of rotatable bonds is 8. The van der Waals surface area contributed by atoms with Crippen LogP contribution < -0.4 is 10.4 Å². The first-order valence-electron chi connectivity index (χ1n) is 18.4. The summed E-state index contributed by atoms with van der Waals surface area (Å²) >= 11 is 0. The van der Waals surface area contributed by atoms with Crippen LogP contribution in [-0.4, -0.2) is 23.8 Å². The van der Waals surface area contributed by atoms with Crippen LogP contribution in [0.25, 0.3) is 33.4 Å². The van der Waals surface area contributed by atoms with Crippen LogP contribution in [0.1, 0.15) is 49.9 Å². The molecule has 1 spiro atoms. The molecule has 0 bridgehead atoms. The number of anilines is 3. The van der Waals surface area contributed by atoms with Gasteiger partial charge in [-0.25, -0.2) is 0 Å². The summed E-state index contributed by atoms with van der Waals surface area (Å²) in [5.74, 6) is 0. The Hall–Kier alpha value is -5.68. The fourth-order valence-corrected chi connectivity index (χ4v) is 8.17. The topological polar surface area (TPSA) is 32.7 Å². The van der Waals surface area contributed by atoms with E-state index in [1.807, 2.05) is 21.3 Å². The molecule has 7 aromatic rings. The van der Waals surface area contributed by atoms with E-state index in [0.29, 0.717) is 0 Å². The van der Waals surface area contributed by atoms with Gasteiger partial charge < -0.3 is 14.7 Å². The predicted octanol–water partition coefficient (Wildman–Crippen LogP) is 11.0. The Morgan fingerprint density at radius 2 is 0.943 bits per heavy atom. The van der Waals surface area contributed by atoms with Crippen LogP contribution >= 0.6 is 0 Å². The summed E-state index contributed by atoms with van der Waals surface area (Å²) in [5, 5.41) is 10.8. The summed E-state index contributed by atoms with van der Waals surface area (Å²) in [5.41, 5.74) is 14.3. The highest BCUT2D eigenvalue weighted by Gasteiger charge is 2.52. The van der Waals surface area contributed by atoms with Gasteiger partial charge in [0, 0.05) is 17.1 Å². The molecule has 4 heteroatoms. The first-order chi connectivity index (χ1) is 25.7. The van der Waals surface area contributed by atoms with E-state index in [9.17, 15) is 5.11 Å². The zero-order valence-corrected chi connectivity index (χ0v) is 30.5. The van der Waals surface area contributed by atoms with E-state index in [1.165, 1.54) is 55.6 Å². The molecule has 0 fully saturated rings. The van der Waals surface area contributed by atoms with E-state index in [-0.39, 0.29) is 0 Å². The Labute approximate surface area is 313 Å². The number of aliphatic hydroxyl groups is 1. The number of fused-ring (bicyclic) bond motifs is 10. The van der Waals surface area contributed by atoms with E-state index in [4.69, 9.17) is 4.65 Å². The van der Waals surface area contributed by atoms with Gasteiger partial charge in [0.25, 0.3) is 0 Å². The van der Waals surface area contributed by atoms with Crippen LogP contribution in [0.4, 0.5) is 17.1 Å². The average molecular weight is 687 g/mol. The summed E-state index contributed by atoms with van der Waals surface area (Å²) in [7, 11) is 1.81. The molecule has 9 rings (SSSR count). The number of hydrogen-bond acceptors (Lipinski definition) is 3. The quantitative estimate of drug-likeness (QED) is 0.162. The Morgan fingerprint density at radius 1 is 0.472 bits per heavy atom. The average Bonchev–Trinajstić information content (AvgIpc) is 3.64. The van der Waals surface area contributed by atoms with Crippen molar-refractivity contribution < 1.29 is 9.76 Å². The van der Waals surface area contributed by atoms with Gasteiger partial charge in [-0.2, -0.15) is 0 Å². The summed E-state index contributed by atoms with van der Waals surface area (Å²) < 4.78 is 6.31. The predicted molar refractivity (Wildman–Crippen MR) is 220 cm³/mol. The standard InChI is InChI=1S/C49H41BNO2/c1-47(2,52)48(3,4)53-50-35-25-29-41-39-19-11-13-21-43(39)49(45(41)31-35)44-22-14-12-20-40(44)42-30-28-38(32-46(42)49)51(36-17-9-6-10-18-36)37-26-23-34(24-27-37)33-15-7-5-8-16-33/h5-32,52H,1-4H3. The normalized spacial score (nSPS) is 15.4. The molecule has 2 aliphatic carbocycles. The van der Waals surface area contributed by atoms with Crippen molar-refractivity contribution in [2.75, 3.05) is 4.90 Å². The molecule has 0 heterocycles. The maximum absolute atomic E-state index is 10.8. The minimum absolute atomic E-state index is 0.539. The first-order valence-corrected chi connectivity index (χ1v) is 18.4. The van der Waals surface area contributed by atoms with E-state index in [1.54, 1.807) is 13.8 Å². The van der Waals surface area contributed by atoms with E-state index < -0.39 is 16.6 Å². The Bertz CT molecular complexity index is 2450. The minimum Gasteiger partial charge on any atom is -0.427 e. The van der Waals surface area contributed by atoms with E-state index in [2.05, 4.69) is 175 Å². The fraction of sp³-hybridized carbons (Fsp3) is 0.143. The summed E-state index contributed by atoms with van der Waals surface area (Å²) in [6, 6.07) is 61.5. The highest BCUT2D eigenvalue weighted by atomic mass is 16.5. The molecule has 0 aliphatic heterocycles. The van der Waals surface area contributed by atoms with Gasteiger partial charge in [-0.3, -0.25) is 0 Å². The van der Waals surface area contributed by atoms with Crippen molar-refractivity contribution >= 4 is 30.0 Å². The first kappa shape index (κ1) is 33.2. The second kappa shape index (κ2) is 12.5. The molecule has 1 N–H and O–H groups in total. The summed E-state index contributed by atoms with van der Waals surface area (Å²) in [6.45, 7) is 7.42. The Morgan fingerprint density at radius 3 is 1.57 bits per heavy atom. The third kappa shape index (κ3) is 5.28. The van der Waals surface area contributed by atoms with Crippen LogP contribution in [0.3, 0.4) is 0 Å². The molecule has 0 saturated carbocycles. The lowest BCUT2D eigenvalue weighted by Gasteiger charge is -2.37. The zero-order chi connectivity index (χ0) is 36.4. The number of nitrogens with zero attached hydrogens (tertiary/aromatic N) is 1. The van der Waals surface area contributed by atoms with Crippen molar-refractivity contribution in [3.05, 3.63) is 192 Å². The van der Waals surface area contributed by atoms with Crippen LogP contribution in [-0.2, 0) is 10.1 Å². The smallest absolute Gasteiger partial charge is 0.330 e. The Kier molecular flexibility index (Phi) is 7.81. The molecule has 0 amide bonds. The van der Waals surface area contributed by atoms with Gasteiger partial charge in [0.05, 0.1) is 16.6 Å². The van der Waals surface area contributed by atoms with Gasteiger partial charge in [0.15, 0.2) is 0 Å². The Balaban J connectivity index is 1.24. The molecule has 1 atom stereocenters. The molecule has 1 unspecified atom stereocenters. The maximum Gasteiger partial charge on any atom is 0.330 e. The molecule has 53 heavy (non-hydrogen) atoms. The van der Waals surface area contributed by atoms with Crippen molar-refractivity contribution in [1.82, 2.24) is 0 Å². The molecule has 1 radical (unpaired) electrons. The zero-order valence-electron chi connectivity index (χ0n) is 30.5. The highest BCUT2D eigenvalue weighted by Crippen LogP contribution is 2.63. The van der Waals surface area contributed by atoms with Crippen LogP contribution in [0.5, 0.6) is 0 Å². The molecule has 0 aromatic heterocycles. The van der Waals surface area contributed by atoms with Crippen LogP contribution in [0.2, 0.25) is 0 Å². The lowest BCUT2D eigenvalue weighted by molar-refractivity contribution is -0.0893. The molecule has 257 valence electrons. The maximum atomic E-state index is 10.8. The van der Waals surface area contributed by atoms with Gasteiger partial charge in [-0.05, 0) is 120 Å². The van der Waals surface area contributed by atoms with E-state index in [0.717, 1.165) is 22.5 Å². The lowest BCUT2D eigenvalue weighted by Crippen LogP contribution is -2.49. The number of hydrogen-bond donors (Lipinski definition) is 1. The second-order valence-corrected chi connectivity index (χ2v) is 15.3. The summed E-state index contributed by atoms with van der Waals surface area (Å²) in [4.78, 5) is 2.37. The second-order valence-electron chi connectivity index (χ2n) is 15.3. The van der Waals surface area contributed by atoms with E-state index >= 15 is 0 Å². The lowest BCUT2D eigenvalue weighted by atomic mass is 9.69. The molecule has 3 nitrogen and oxygen atoms in total. The highest BCUT2D eigenvalue weighted by molar-refractivity contribution is 6.47. The van der Waals surface area contributed by atoms with Crippen LogP contribution in [0, 0.1) is 0 Å². The van der Waals surface area contributed by atoms with Crippen molar-refractivity contribution in [3.8, 4) is 33.4 Å². The fourth-order valence-electron chi connectivity index (χ4n) is 8.17. The minimum atomic E-state index is -1.02. The molecule has 7 aromatic carbocycles.